The summed E-state index contributed by atoms with van der Waals surface area (Å²) < 4.78 is 0. The van der Waals surface area contributed by atoms with Gasteiger partial charge in [0.2, 0.25) is 17.7 Å². The summed E-state index contributed by atoms with van der Waals surface area (Å²) in [5.74, 6) is -2.98. The molecule has 4 unspecified atom stereocenters. The molecule has 14 heteroatoms. The molecule has 0 aromatic heterocycles. The first-order chi connectivity index (χ1) is 17.9. The fourth-order valence-electron chi connectivity index (χ4n) is 3.69. The number of carbonyl (C=O) groups is 4. The molecule has 0 saturated heterocycles. The van der Waals surface area contributed by atoms with Gasteiger partial charge in [0, 0.05) is 6.54 Å². The minimum absolute atomic E-state index is 0.0162. The quantitative estimate of drug-likeness (QED) is 0.0445. The van der Waals surface area contributed by atoms with Crippen molar-refractivity contribution < 1.29 is 24.3 Å². The number of unbranched alkanes of at least 4 members (excludes halogenated alkanes) is 2. The van der Waals surface area contributed by atoms with Crippen molar-refractivity contribution in [3.8, 4) is 0 Å². The number of nitrogens with zero attached hydrogens (tertiary/aromatic N) is 1. The smallest absolute Gasteiger partial charge is 0.326 e. The first-order valence-electron chi connectivity index (χ1n) is 13.3. The zero-order valence-electron chi connectivity index (χ0n) is 22.8. The third kappa shape index (κ3) is 16.0. The molecule has 0 radical (unpaired) electrons. The maximum absolute atomic E-state index is 13.2. The molecule has 0 rings (SSSR count). The van der Waals surface area contributed by atoms with Crippen LogP contribution in [-0.2, 0) is 19.2 Å². The molecule has 0 spiro atoms. The van der Waals surface area contributed by atoms with E-state index in [1.54, 1.807) is 0 Å². The van der Waals surface area contributed by atoms with Crippen LogP contribution in [-0.4, -0.2) is 78.6 Å². The second-order valence-electron chi connectivity index (χ2n) is 9.78. The monoisotopic (exact) mass is 543 g/mol. The second-order valence-corrected chi connectivity index (χ2v) is 9.78. The topological polar surface area (TPSA) is 267 Å². The van der Waals surface area contributed by atoms with Gasteiger partial charge in [0.15, 0.2) is 5.96 Å². The fourth-order valence-corrected chi connectivity index (χ4v) is 3.69. The maximum atomic E-state index is 13.2. The number of carboxylic acid groups (broad SMARTS) is 1. The van der Waals surface area contributed by atoms with E-state index >= 15 is 0 Å². The van der Waals surface area contributed by atoms with E-state index in [0.29, 0.717) is 45.2 Å². The highest BCUT2D eigenvalue weighted by Crippen LogP contribution is 2.09. The summed E-state index contributed by atoms with van der Waals surface area (Å²) in [4.78, 5) is 54.5. The first kappa shape index (κ1) is 35.0. The Labute approximate surface area is 225 Å². The molecule has 4 atom stereocenters. The van der Waals surface area contributed by atoms with Crippen LogP contribution in [0.4, 0.5) is 0 Å². The molecule has 0 heterocycles. The van der Waals surface area contributed by atoms with Gasteiger partial charge < -0.3 is 49.7 Å². The molecular weight excluding hydrogens is 494 g/mol. The molecule has 0 bridgehead atoms. The average Bonchev–Trinajstić information content (AvgIpc) is 2.84. The third-order valence-corrected chi connectivity index (χ3v) is 5.79. The molecule has 0 aromatic carbocycles. The van der Waals surface area contributed by atoms with Crippen LogP contribution in [0, 0.1) is 5.92 Å². The van der Waals surface area contributed by atoms with Crippen LogP contribution in [0.1, 0.15) is 71.6 Å². The Kier molecular flexibility index (Phi) is 18.5. The number of hydrogen-bond donors (Lipinski definition) is 9. The molecular formula is C24H49N9O5. The van der Waals surface area contributed by atoms with Crippen LogP contribution in [0.5, 0.6) is 0 Å². The molecule has 0 saturated carbocycles. The first-order valence-corrected chi connectivity index (χ1v) is 13.3. The molecule has 0 aliphatic carbocycles. The Hall–Kier alpha value is -2.97. The molecule has 14 N–H and O–H groups in total. The van der Waals surface area contributed by atoms with E-state index in [9.17, 15) is 24.3 Å². The van der Waals surface area contributed by atoms with Gasteiger partial charge in [-0.1, -0.05) is 20.3 Å². The van der Waals surface area contributed by atoms with Gasteiger partial charge in [-0.15, -0.1) is 0 Å². The SMILES string of the molecule is CC(C)CC(NC(=O)C(CCCN=C(N)N)NC(=O)C(CCCCN)NC(=O)C(N)CCCCN)C(=O)O. The van der Waals surface area contributed by atoms with Gasteiger partial charge in [0.25, 0.3) is 0 Å². The Balaban J connectivity index is 5.60. The van der Waals surface area contributed by atoms with Crippen LogP contribution in [0.25, 0.3) is 0 Å². The summed E-state index contributed by atoms with van der Waals surface area (Å²) in [6.45, 7) is 4.80. The normalized spacial score (nSPS) is 14.2. The highest BCUT2D eigenvalue weighted by molar-refractivity contribution is 5.94. The summed E-state index contributed by atoms with van der Waals surface area (Å²) in [5, 5.41) is 17.4. The van der Waals surface area contributed by atoms with Gasteiger partial charge in [-0.25, -0.2) is 4.79 Å². The van der Waals surface area contributed by atoms with Crippen molar-refractivity contribution in [3.05, 3.63) is 0 Å². The minimum atomic E-state index is -1.17. The fraction of sp³-hybridized carbons (Fsp3) is 0.792. The number of carboxylic acids is 1. The minimum Gasteiger partial charge on any atom is -0.480 e. The lowest BCUT2D eigenvalue weighted by molar-refractivity contribution is -0.142. The zero-order valence-corrected chi connectivity index (χ0v) is 22.8. The van der Waals surface area contributed by atoms with Gasteiger partial charge in [-0.3, -0.25) is 19.4 Å². The van der Waals surface area contributed by atoms with Crippen LogP contribution in [0.3, 0.4) is 0 Å². The van der Waals surface area contributed by atoms with Crippen LogP contribution in [0.2, 0.25) is 0 Å². The molecule has 38 heavy (non-hydrogen) atoms. The van der Waals surface area contributed by atoms with Crippen molar-refractivity contribution in [2.24, 2.45) is 39.6 Å². The van der Waals surface area contributed by atoms with Crippen LogP contribution in [0.15, 0.2) is 4.99 Å². The number of carbonyl (C=O) groups excluding carboxylic acids is 3. The lowest BCUT2D eigenvalue weighted by Crippen LogP contribution is -2.57. The van der Waals surface area contributed by atoms with E-state index in [4.69, 9.17) is 28.7 Å². The van der Waals surface area contributed by atoms with Crippen molar-refractivity contribution in [1.29, 1.82) is 0 Å². The van der Waals surface area contributed by atoms with E-state index in [1.807, 2.05) is 13.8 Å². The molecule has 0 aromatic rings. The number of guanidine groups is 1. The van der Waals surface area contributed by atoms with Crippen LogP contribution >= 0.6 is 0 Å². The zero-order chi connectivity index (χ0) is 29.1. The lowest BCUT2D eigenvalue weighted by Gasteiger charge is -2.25. The molecule has 14 nitrogen and oxygen atoms in total. The van der Waals surface area contributed by atoms with Crippen molar-refractivity contribution in [3.63, 3.8) is 0 Å². The van der Waals surface area contributed by atoms with Crippen molar-refractivity contribution in [2.75, 3.05) is 19.6 Å². The number of hydrogen-bond acceptors (Lipinski definition) is 8. The van der Waals surface area contributed by atoms with Crippen molar-refractivity contribution in [2.45, 2.75) is 95.8 Å². The van der Waals surface area contributed by atoms with E-state index in [0.717, 1.165) is 6.42 Å². The highest BCUT2D eigenvalue weighted by Gasteiger charge is 2.30. The molecule has 0 aliphatic rings. The Bertz CT molecular complexity index is 760. The predicted molar refractivity (Wildman–Crippen MR) is 147 cm³/mol. The number of nitrogens with one attached hydrogen (secondary N) is 3. The summed E-state index contributed by atoms with van der Waals surface area (Å²) in [7, 11) is 0. The summed E-state index contributed by atoms with van der Waals surface area (Å²) in [5.41, 5.74) is 27.7. The summed E-state index contributed by atoms with van der Waals surface area (Å²) in [6, 6.07) is -3.95. The van der Waals surface area contributed by atoms with E-state index in [-0.39, 0.29) is 37.7 Å². The standard InChI is InChI=1S/C24H49N9O5/c1-15(2)14-19(23(37)38)33-22(36)18(10-7-13-30-24(28)29)32-21(35)17(9-4-6-12-26)31-20(34)16(27)8-3-5-11-25/h15-19H,3-14,25-27H2,1-2H3,(H,31,34)(H,32,35)(H,33,36)(H,37,38)(H4,28,29,30). The molecule has 220 valence electrons. The largest absolute Gasteiger partial charge is 0.480 e. The number of nitrogens with two attached hydrogens (primary N) is 5. The summed E-state index contributed by atoms with van der Waals surface area (Å²) in [6.07, 6.45) is 4.02. The van der Waals surface area contributed by atoms with Gasteiger partial charge in [-0.2, -0.15) is 0 Å². The van der Waals surface area contributed by atoms with E-state index in [2.05, 4.69) is 20.9 Å². The van der Waals surface area contributed by atoms with Gasteiger partial charge in [-0.05, 0) is 70.4 Å². The number of amides is 3. The van der Waals surface area contributed by atoms with Crippen molar-refractivity contribution in [1.82, 2.24) is 16.0 Å². The lowest BCUT2D eigenvalue weighted by atomic mass is 10.0. The molecule has 0 fully saturated rings. The number of aliphatic imine (C=N–C) groups is 1. The van der Waals surface area contributed by atoms with E-state index < -0.39 is 47.9 Å². The average molecular weight is 544 g/mol. The van der Waals surface area contributed by atoms with Gasteiger partial charge >= 0.3 is 5.97 Å². The van der Waals surface area contributed by atoms with Gasteiger partial charge in [0.05, 0.1) is 6.04 Å². The highest BCUT2D eigenvalue weighted by atomic mass is 16.4. The maximum Gasteiger partial charge on any atom is 0.326 e. The second kappa shape index (κ2) is 20.1. The van der Waals surface area contributed by atoms with Crippen LogP contribution < -0.4 is 44.6 Å². The Morgan fingerprint density at radius 1 is 0.737 bits per heavy atom. The number of aliphatic carboxylic acids is 1. The summed E-state index contributed by atoms with van der Waals surface area (Å²) >= 11 is 0. The molecule has 3 amide bonds. The van der Waals surface area contributed by atoms with Crippen molar-refractivity contribution >= 4 is 29.7 Å². The Morgan fingerprint density at radius 2 is 1.21 bits per heavy atom. The predicted octanol–water partition coefficient (Wildman–Crippen LogP) is -1.79. The Morgan fingerprint density at radius 3 is 1.68 bits per heavy atom. The van der Waals surface area contributed by atoms with E-state index in [1.165, 1.54) is 0 Å². The third-order valence-electron chi connectivity index (χ3n) is 5.79. The number of rotatable bonds is 21. The van der Waals surface area contributed by atoms with Gasteiger partial charge in [0.1, 0.15) is 18.1 Å². The molecule has 0 aliphatic heterocycles.